The Hall–Kier alpha value is -2.10. The second-order valence-corrected chi connectivity index (χ2v) is 8.65. The smallest absolute Gasteiger partial charge is 0.534 e. The van der Waals surface area contributed by atoms with Crippen LogP contribution in [0.15, 0.2) is 18.2 Å². The van der Waals surface area contributed by atoms with Gasteiger partial charge in [0.15, 0.2) is 0 Å². The molecule has 2 aliphatic rings. The molecule has 0 bridgehead atoms. The summed E-state index contributed by atoms with van der Waals surface area (Å²) in [5.41, 5.74) is 0.700. The van der Waals surface area contributed by atoms with E-state index in [4.69, 9.17) is 4.65 Å². The summed E-state index contributed by atoms with van der Waals surface area (Å²) in [6.45, 7) is 6.00. The van der Waals surface area contributed by atoms with Crippen molar-refractivity contribution in [1.29, 1.82) is 0 Å². The van der Waals surface area contributed by atoms with E-state index in [-0.39, 0.29) is 17.2 Å². The molecule has 1 aromatic carbocycles. The number of benzene rings is 1. The maximum atomic E-state index is 12.7. The number of fused-ring (bicyclic) bond motifs is 1. The number of hydrogen-bond donors (Lipinski definition) is 5. The lowest BCUT2D eigenvalue weighted by atomic mass is 9.72. The highest BCUT2D eigenvalue weighted by atomic mass is 16.5. The van der Waals surface area contributed by atoms with Gasteiger partial charge in [-0.25, -0.2) is 4.79 Å². The fourth-order valence-corrected chi connectivity index (χ4v) is 4.68. The highest BCUT2D eigenvalue weighted by molar-refractivity contribution is 6.47. The average Bonchev–Trinajstić information content (AvgIpc) is 2.74. The van der Waals surface area contributed by atoms with Gasteiger partial charge in [0.1, 0.15) is 5.75 Å². The van der Waals surface area contributed by atoms with Crippen LogP contribution in [-0.2, 0) is 11.2 Å². The number of carboxylic acid groups (broad SMARTS) is 1. The van der Waals surface area contributed by atoms with Crippen molar-refractivity contribution in [2.24, 2.45) is 11.8 Å². The summed E-state index contributed by atoms with van der Waals surface area (Å²) in [7, 11) is -1.27. The number of carboxylic acids is 1. The summed E-state index contributed by atoms with van der Waals surface area (Å²) in [5, 5.41) is 29.3. The Kier molecular flexibility index (Phi) is 8.74. The number of carbonyl (C=O) groups excluding carboxylic acids is 1. The topological polar surface area (TPSA) is 120 Å². The van der Waals surface area contributed by atoms with Crippen LogP contribution < -0.4 is 20.6 Å². The first-order valence-corrected chi connectivity index (χ1v) is 11.4. The first-order chi connectivity index (χ1) is 15.0. The molecule has 9 heteroatoms. The van der Waals surface area contributed by atoms with E-state index in [0.29, 0.717) is 30.2 Å². The molecule has 2 unspecified atom stereocenters. The number of nitrogens with one attached hydrogen (secondary N) is 3. The molecule has 5 N–H and O–H groups in total. The maximum Gasteiger partial charge on any atom is 0.547 e. The quantitative estimate of drug-likeness (QED) is 0.279. The summed E-state index contributed by atoms with van der Waals surface area (Å²) in [5.74, 6) is -0.647. The Labute approximate surface area is 184 Å². The summed E-state index contributed by atoms with van der Waals surface area (Å²) in [4.78, 5) is 24.0. The molecule has 1 fully saturated rings. The average molecular weight is 431 g/mol. The monoisotopic (exact) mass is 431 g/mol. The van der Waals surface area contributed by atoms with Gasteiger partial charge in [-0.15, -0.1) is 0 Å². The van der Waals surface area contributed by atoms with Crippen molar-refractivity contribution in [1.82, 2.24) is 16.0 Å². The van der Waals surface area contributed by atoms with Gasteiger partial charge >= 0.3 is 13.1 Å². The molecule has 0 spiro atoms. The van der Waals surface area contributed by atoms with Gasteiger partial charge in [-0.2, -0.15) is 0 Å². The van der Waals surface area contributed by atoms with Crippen LogP contribution in [0.3, 0.4) is 0 Å². The molecule has 31 heavy (non-hydrogen) atoms. The van der Waals surface area contributed by atoms with E-state index >= 15 is 0 Å². The molecule has 1 aliphatic carbocycles. The normalized spacial score (nSPS) is 23.0. The standard InChI is InChI=1S/C22H34BN3O5/c1-2-24-9-10-25-14-16-6-3-5-15(11-16)12-20(27)26-19-13-17-7-4-8-18(22(28)29)21(17)31-23(19)30/h4,7-8,15-16,19,24-25,30H,2-3,5-6,9-14H2,1H3,(H,26,27)(H,28,29)/t15?,16?,19-/m0/s1. The number of carbonyl (C=O) groups is 2. The lowest BCUT2D eigenvalue weighted by Gasteiger charge is -2.31. The molecule has 170 valence electrons. The molecular weight excluding hydrogens is 397 g/mol. The lowest BCUT2D eigenvalue weighted by Crippen LogP contribution is -2.53. The molecule has 8 nitrogen and oxygen atoms in total. The lowest BCUT2D eigenvalue weighted by molar-refractivity contribution is -0.122. The Morgan fingerprint density at radius 1 is 1.19 bits per heavy atom. The predicted octanol–water partition coefficient (Wildman–Crippen LogP) is 1.22. The van der Waals surface area contributed by atoms with Crippen molar-refractivity contribution >= 4 is 19.0 Å². The zero-order valence-corrected chi connectivity index (χ0v) is 18.2. The predicted molar refractivity (Wildman–Crippen MR) is 119 cm³/mol. The molecule has 1 aromatic rings. The highest BCUT2D eigenvalue weighted by Crippen LogP contribution is 2.32. The van der Waals surface area contributed by atoms with E-state index < -0.39 is 19.0 Å². The number of para-hydroxylation sites is 1. The van der Waals surface area contributed by atoms with Crippen LogP contribution in [0.1, 0.15) is 54.9 Å². The fraction of sp³-hybridized carbons (Fsp3) is 0.636. The first-order valence-electron chi connectivity index (χ1n) is 11.4. The largest absolute Gasteiger partial charge is 0.547 e. The van der Waals surface area contributed by atoms with E-state index in [0.717, 1.165) is 45.4 Å². The number of aromatic carboxylic acids is 1. The van der Waals surface area contributed by atoms with E-state index in [1.54, 1.807) is 12.1 Å². The Balaban J connectivity index is 1.47. The molecule has 3 rings (SSSR count). The van der Waals surface area contributed by atoms with E-state index in [1.165, 1.54) is 12.5 Å². The summed E-state index contributed by atoms with van der Waals surface area (Å²) >= 11 is 0. The number of amides is 1. The first kappa shape index (κ1) is 23.6. The Morgan fingerprint density at radius 2 is 1.97 bits per heavy atom. The van der Waals surface area contributed by atoms with Crippen molar-refractivity contribution in [2.45, 2.75) is 51.4 Å². The van der Waals surface area contributed by atoms with Gasteiger partial charge in [-0.3, -0.25) is 4.79 Å². The molecule has 0 radical (unpaired) electrons. The molecule has 0 aromatic heterocycles. The number of hydrogen-bond acceptors (Lipinski definition) is 6. The van der Waals surface area contributed by atoms with Crippen LogP contribution in [0.25, 0.3) is 0 Å². The highest BCUT2D eigenvalue weighted by Gasteiger charge is 2.38. The SMILES string of the molecule is CCNCCNCC1CCCC(CC(=O)N[C@H]2Cc3cccc(C(=O)O)c3OB2O)C1. The molecule has 1 aliphatic heterocycles. The zero-order valence-electron chi connectivity index (χ0n) is 18.2. The molecule has 3 atom stereocenters. The third-order valence-corrected chi connectivity index (χ3v) is 6.22. The Morgan fingerprint density at radius 3 is 2.74 bits per heavy atom. The van der Waals surface area contributed by atoms with Gasteiger partial charge in [0.05, 0.1) is 11.5 Å². The minimum absolute atomic E-state index is 0.0219. The van der Waals surface area contributed by atoms with Crippen LogP contribution in [0.5, 0.6) is 5.75 Å². The molecule has 1 heterocycles. The fourth-order valence-electron chi connectivity index (χ4n) is 4.68. The minimum atomic E-state index is -1.27. The van der Waals surface area contributed by atoms with Gasteiger partial charge < -0.3 is 30.7 Å². The van der Waals surface area contributed by atoms with Crippen molar-refractivity contribution in [3.05, 3.63) is 29.3 Å². The molecule has 0 saturated heterocycles. The summed E-state index contributed by atoms with van der Waals surface area (Å²) in [6.07, 6.45) is 5.21. The molecule has 1 saturated carbocycles. The van der Waals surface area contributed by atoms with Gasteiger partial charge in [-0.05, 0) is 62.2 Å². The summed E-state index contributed by atoms with van der Waals surface area (Å²) in [6, 6.07) is 4.86. The van der Waals surface area contributed by atoms with Crippen molar-refractivity contribution in [2.75, 3.05) is 26.2 Å². The van der Waals surface area contributed by atoms with Crippen LogP contribution >= 0.6 is 0 Å². The van der Waals surface area contributed by atoms with Crippen molar-refractivity contribution in [3.63, 3.8) is 0 Å². The number of likely N-dealkylation sites (N-methyl/N-ethyl adjacent to an activating group) is 1. The summed E-state index contributed by atoms with van der Waals surface area (Å²) < 4.78 is 5.46. The van der Waals surface area contributed by atoms with Crippen LogP contribution in [0, 0.1) is 11.8 Å². The van der Waals surface area contributed by atoms with E-state index in [1.807, 2.05) is 0 Å². The zero-order chi connectivity index (χ0) is 22.2. The van der Waals surface area contributed by atoms with Crippen LogP contribution in [0.2, 0.25) is 0 Å². The van der Waals surface area contributed by atoms with Crippen molar-refractivity contribution in [3.8, 4) is 5.75 Å². The third kappa shape index (κ3) is 6.69. The van der Waals surface area contributed by atoms with E-state index in [9.17, 15) is 19.7 Å². The van der Waals surface area contributed by atoms with E-state index in [2.05, 4.69) is 22.9 Å². The second kappa shape index (κ2) is 11.5. The Bertz CT molecular complexity index is 763. The molecular formula is C22H34BN3O5. The third-order valence-electron chi connectivity index (χ3n) is 6.22. The maximum absolute atomic E-state index is 12.7. The van der Waals surface area contributed by atoms with Gasteiger partial charge in [-0.1, -0.05) is 25.5 Å². The minimum Gasteiger partial charge on any atom is -0.534 e. The van der Waals surface area contributed by atoms with Crippen molar-refractivity contribution < 1.29 is 24.4 Å². The second-order valence-electron chi connectivity index (χ2n) is 8.65. The van der Waals surface area contributed by atoms with Gasteiger partial charge in [0.25, 0.3) is 0 Å². The number of rotatable bonds is 10. The van der Waals surface area contributed by atoms with Gasteiger partial charge in [0.2, 0.25) is 5.91 Å². The van der Waals surface area contributed by atoms with Crippen LogP contribution in [-0.4, -0.2) is 61.2 Å². The van der Waals surface area contributed by atoms with Gasteiger partial charge in [0, 0.05) is 19.5 Å². The molecule has 1 amide bonds. The van der Waals surface area contributed by atoms with Crippen LogP contribution in [0.4, 0.5) is 0 Å².